The first-order chi connectivity index (χ1) is 13.5. The molecule has 1 atom stereocenters. The predicted octanol–water partition coefficient (Wildman–Crippen LogP) is 3.28. The highest BCUT2D eigenvalue weighted by molar-refractivity contribution is 5.88. The van der Waals surface area contributed by atoms with Gasteiger partial charge in [0.25, 0.3) is 0 Å². The molecule has 28 heavy (non-hydrogen) atoms. The zero-order chi connectivity index (χ0) is 20.0. The third-order valence-electron chi connectivity index (χ3n) is 6.24. The van der Waals surface area contributed by atoms with Gasteiger partial charge in [0.05, 0.1) is 11.6 Å². The Morgan fingerprint density at radius 1 is 1.14 bits per heavy atom. The lowest BCUT2D eigenvalue weighted by atomic mass is 9.85. The summed E-state index contributed by atoms with van der Waals surface area (Å²) in [5.74, 6) is -0.278. The van der Waals surface area contributed by atoms with E-state index in [1.807, 2.05) is 6.92 Å². The highest BCUT2D eigenvalue weighted by Crippen LogP contribution is 2.27. The molecule has 0 aromatic heterocycles. The lowest BCUT2D eigenvalue weighted by Crippen LogP contribution is -2.60. The Labute approximate surface area is 167 Å². The Morgan fingerprint density at radius 2 is 1.79 bits per heavy atom. The number of carbonyl (C=O) groups is 2. The second-order valence-electron chi connectivity index (χ2n) is 8.20. The molecule has 1 aliphatic heterocycles. The maximum Gasteiger partial charge on any atom is 0.335 e. The first-order valence-corrected chi connectivity index (χ1v) is 10.5. The van der Waals surface area contributed by atoms with Gasteiger partial charge in [-0.15, -0.1) is 0 Å². The van der Waals surface area contributed by atoms with Crippen LogP contribution in [0.5, 0.6) is 0 Å². The molecule has 2 aliphatic rings. The van der Waals surface area contributed by atoms with E-state index in [9.17, 15) is 9.59 Å². The van der Waals surface area contributed by atoms with Crippen LogP contribution in [0.2, 0.25) is 0 Å². The van der Waals surface area contributed by atoms with Crippen molar-refractivity contribution in [1.29, 1.82) is 0 Å². The Morgan fingerprint density at radius 3 is 2.39 bits per heavy atom. The highest BCUT2D eigenvalue weighted by atomic mass is 16.5. The van der Waals surface area contributed by atoms with Gasteiger partial charge in [0.2, 0.25) is 5.91 Å². The minimum atomic E-state index is -0.948. The standard InChI is InChI=1S/C22H32N2O4/c1-16(18-7-9-19(10-8-18)20(25)26)24-21(27)22(11-13-28-14-12-22)23-15-17-5-3-2-4-6-17/h7-10,16-17,23H,2-6,11-15H2,1H3,(H,24,27)(H,25,26)/t16-/m0/s1. The zero-order valence-electron chi connectivity index (χ0n) is 16.7. The fourth-order valence-electron chi connectivity index (χ4n) is 4.27. The van der Waals surface area contributed by atoms with Crippen molar-refractivity contribution < 1.29 is 19.4 Å². The van der Waals surface area contributed by atoms with E-state index in [2.05, 4.69) is 10.6 Å². The number of carboxylic acids is 1. The van der Waals surface area contributed by atoms with Crippen LogP contribution in [-0.2, 0) is 9.53 Å². The molecule has 1 saturated carbocycles. The van der Waals surface area contributed by atoms with E-state index in [-0.39, 0.29) is 17.5 Å². The van der Waals surface area contributed by atoms with Crippen molar-refractivity contribution in [1.82, 2.24) is 10.6 Å². The van der Waals surface area contributed by atoms with Gasteiger partial charge < -0.3 is 20.5 Å². The molecular formula is C22H32N2O4. The lowest BCUT2D eigenvalue weighted by molar-refractivity contribution is -0.132. The summed E-state index contributed by atoms with van der Waals surface area (Å²) in [6, 6.07) is 6.49. The number of aromatic carboxylic acids is 1. The van der Waals surface area contributed by atoms with Crippen LogP contribution in [0.1, 0.15) is 73.8 Å². The normalized spacial score (nSPS) is 21.0. The van der Waals surface area contributed by atoms with Crippen LogP contribution >= 0.6 is 0 Å². The molecule has 6 nitrogen and oxygen atoms in total. The van der Waals surface area contributed by atoms with Crippen molar-refractivity contribution in [3.8, 4) is 0 Å². The summed E-state index contributed by atoms with van der Waals surface area (Å²) < 4.78 is 5.52. The van der Waals surface area contributed by atoms with E-state index in [0.717, 1.165) is 12.1 Å². The number of carboxylic acid groups (broad SMARTS) is 1. The summed E-state index contributed by atoms with van der Waals surface area (Å²) in [4.78, 5) is 24.2. The van der Waals surface area contributed by atoms with Gasteiger partial charge in [-0.05, 0) is 62.8 Å². The Hall–Kier alpha value is -1.92. The number of carbonyl (C=O) groups excluding carboxylic acids is 1. The van der Waals surface area contributed by atoms with Gasteiger partial charge >= 0.3 is 5.97 Å². The zero-order valence-corrected chi connectivity index (χ0v) is 16.7. The fraction of sp³-hybridized carbons (Fsp3) is 0.636. The number of nitrogens with one attached hydrogen (secondary N) is 2. The summed E-state index contributed by atoms with van der Waals surface area (Å²) in [5, 5.41) is 15.8. The van der Waals surface area contributed by atoms with Gasteiger partial charge in [-0.1, -0.05) is 31.4 Å². The summed E-state index contributed by atoms with van der Waals surface area (Å²) in [5.41, 5.74) is 0.565. The van der Waals surface area contributed by atoms with Gasteiger partial charge in [0.15, 0.2) is 0 Å². The number of hydrogen-bond acceptors (Lipinski definition) is 4. The average molecular weight is 389 g/mol. The van der Waals surface area contributed by atoms with Gasteiger partial charge in [-0.25, -0.2) is 4.79 Å². The van der Waals surface area contributed by atoms with Crippen molar-refractivity contribution in [3.63, 3.8) is 0 Å². The predicted molar refractivity (Wildman–Crippen MR) is 107 cm³/mol. The molecule has 0 bridgehead atoms. The quantitative estimate of drug-likeness (QED) is 0.667. The molecule has 2 fully saturated rings. The van der Waals surface area contributed by atoms with E-state index in [4.69, 9.17) is 9.84 Å². The van der Waals surface area contributed by atoms with E-state index in [1.165, 1.54) is 32.1 Å². The molecule has 3 rings (SSSR count). The Kier molecular flexibility index (Phi) is 7.08. The van der Waals surface area contributed by atoms with Gasteiger partial charge in [0.1, 0.15) is 5.54 Å². The fourth-order valence-corrected chi connectivity index (χ4v) is 4.27. The van der Waals surface area contributed by atoms with E-state index in [0.29, 0.717) is 32.0 Å². The highest BCUT2D eigenvalue weighted by Gasteiger charge is 2.40. The number of amides is 1. The molecule has 1 saturated heterocycles. The van der Waals surface area contributed by atoms with Crippen LogP contribution < -0.4 is 10.6 Å². The second kappa shape index (κ2) is 9.52. The first-order valence-electron chi connectivity index (χ1n) is 10.5. The van der Waals surface area contributed by atoms with Gasteiger partial charge in [0, 0.05) is 13.2 Å². The summed E-state index contributed by atoms with van der Waals surface area (Å²) in [6.45, 7) is 4.00. The van der Waals surface area contributed by atoms with Crippen LogP contribution in [0.15, 0.2) is 24.3 Å². The van der Waals surface area contributed by atoms with Crippen molar-refractivity contribution in [2.24, 2.45) is 5.92 Å². The largest absolute Gasteiger partial charge is 0.478 e. The molecule has 0 spiro atoms. The number of hydrogen-bond donors (Lipinski definition) is 3. The van der Waals surface area contributed by atoms with Gasteiger partial charge in [-0.3, -0.25) is 4.79 Å². The van der Waals surface area contributed by atoms with E-state index in [1.54, 1.807) is 24.3 Å². The van der Waals surface area contributed by atoms with E-state index < -0.39 is 11.5 Å². The maximum absolute atomic E-state index is 13.2. The molecular weight excluding hydrogens is 356 g/mol. The number of rotatable bonds is 7. The number of ether oxygens (including phenoxy) is 1. The molecule has 1 aliphatic carbocycles. The first kappa shape index (κ1) is 20.8. The number of benzene rings is 1. The van der Waals surface area contributed by atoms with Gasteiger partial charge in [-0.2, -0.15) is 0 Å². The van der Waals surface area contributed by atoms with Crippen molar-refractivity contribution >= 4 is 11.9 Å². The van der Waals surface area contributed by atoms with Crippen LogP contribution in [-0.4, -0.2) is 42.3 Å². The molecule has 3 N–H and O–H groups in total. The second-order valence-corrected chi connectivity index (χ2v) is 8.20. The van der Waals surface area contributed by atoms with Crippen LogP contribution in [0.25, 0.3) is 0 Å². The molecule has 1 amide bonds. The Bertz CT molecular complexity index is 662. The monoisotopic (exact) mass is 388 g/mol. The third-order valence-corrected chi connectivity index (χ3v) is 6.24. The minimum absolute atomic E-state index is 0.0152. The van der Waals surface area contributed by atoms with Crippen molar-refractivity contribution in [2.75, 3.05) is 19.8 Å². The van der Waals surface area contributed by atoms with Crippen LogP contribution in [0.4, 0.5) is 0 Å². The molecule has 1 aromatic carbocycles. The summed E-state index contributed by atoms with van der Waals surface area (Å²) in [7, 11) is 0. The van der Waals surface area contributed by atoms with Crippen molar-refractivity contribution in [3.05, 3.63) is 35.4 Å². The molecule has 0 radical (unpaired) electrons. The molecule has 6 heteroatoms. The summed E-state index contributed by atoms with van der Waals surface area (Å²) in [6.07, 6.45) is 7.75. The van der Waals surface area contributed by atoms with Crippen LogP contribution in [0.3, 0.4) is 0 Å². The smallest absolute Gasteiger partial charge is 0.335 e. The Balaban J connectivity index is 1.63. The summed E-state index contributed by atoms with van der Waals surface area (Å²) >= 11 is 0. The molecule has 1 heterocycles. The molecule has 1 aromatic rings. The van der Waals surface area contributed by atoms with Crippen LogP contribution in [0, 0.1) is 5.92 Å². The molecule has 154 valence electrons. The SMILES string of the molecule is C[C@H](NC(=O)C1(NCC2CCCCC2)CCOCC1)c1ccc(C(=O)O)cc1. The maximum atomic E-state index is 13.2. The van der Waals surface area contributed by atoms with E-state index >= 15 is 0 Å². The molecule has 0 unspecified atom stereocenters. The topological polar surface area (TPSA) is 87.7 Å². The van der Waals surface area contributed by atoms with Crippen molar-refractivity contribution in [2.45, 2.75) is 63.5 Å². The minimum Gasteiger partial charge on any atom is -0.478 e. The average Bonchev–Trinajstić information content (AvgIpc) is 2.73. The third kappa shape index (κ3) is 5.11. The lowest BCUT2D eigenvalue weighted by Gasteiger charge is -2.39.